The summed E-state index contributed by atoms with van der Waals surface area (Å²) in [5, 5.41) is 6.12. The molecule has 3 rings (SSSR count). The van der Waals surface area contributed by atoms with Crippen molar-refractivity contribution in [1.29, 1.82) is 0 Å². The quantitative estimate of drug-likeness (QED) is 0.453. The van der Waals surface area contributed by atoms with E-state index in [0.717, 1.165) is 23.1 Å². The smallest absolute Gasteiger partial charge is 0.414 e. The lowest BCUT2D eigenvalue weighted by molar-refractivity contribution is -0.132. The minimum atomic E-state index is -3.32. The van der Waals surface area contributed by atoms with Crippen molar-refractivity contribution >= 4 is 35.1 Å². The molecule has 3 N–H and O–H groups in total. The summed E-state index contributed by atoms with van der Waals surface area (Å²) in [5.74, 6) is -6.31. The van der Waals surface area contributed by atoms with Crippen LogP contribution in [0.1, 0.15) is 6.42 Å². The minimum absolute atomic E-state index is 0.0953. The van der Waals surface area contributed by atoms with Gasteiger partial charge >= 0.3 is 18.9 Å². The van der Waals surface area contributed by atoms with E-state index < -0.39 is 72.6 Å². The predicted molar refractivity (Wildman–Crippen MR) is 111 cm³/mol. The molecule has 2 aliphatic rings. The number of anilines is 2. The van der Waals surface area contributed by atoms with Gasteiger partial charge in [0.05, 0.1) is 24.8 Å². The number of halogens is 6. The molecular formula is C21H18F6N4O5. The van der Waals surface area contributed by atoms with E-state index in [1.54, 1.807) is 0 Å². The molecule has 1 aromatic rings. The van der Waals surface area contributed by atoms with Gasteiger partial charge in [0.25, 0.3) is 11.8 Å². The van der Waals surface area contributed by atoms with Crippen LogP contribution in [0.2, 0.25) is 0 Å². The molecule has 1 saturated heterocycles. The molecule has 1 unspecified atom stereocenters. The van der Waals surface area contributed by atoms with Gasteiger partial charge in [-0.1, -0.05) is 6.08 Å². The normalized spacial score (nSPS) is 19.8. The van der Waals surface area contributed by atoms with Gasteiger partial charge in [-0.15, -0.1) is 0 Å². The van der Waals surface area contributed by atoms with Gasteiger partial charge in [0, 0.05) is 24.3 Å². The number of ether oxygens (including phenoxy) is 1. The summed E-state index contributed by atoms with van der Waals surface area (Å²) in [5.41, 5.74) is -1.15. The van der Waals surface area contributed by atoms with E-state index in [-0.39, 0.29) is 24.4 Å². The van der Waals surface area contributed by atoms with Gasteiger partial charge in [0.1, 0.15) is 11.8 Å². The molecule has 1 fully saturated rings. The Morgan fingerprint density at radius 1 is 1.06 bits per heavy atom. The molecule has 15 heteroatoms. The number of alkyl halides is 4. The third-order valence-electron chi connectivity index (χ3n) is 5.04. The van der Waals surface area contributed by atoms with Crippen LogP contribution in [0.15, 0.2) is 36.1 Å². The van der Waals surface area contributed by atoms with Crippen LogP contribution in [-0.2, 0) is 19.1 Å². The zero-order chi connectivity index (χ0) is 26.6. The largest absolute Gasteiger partial charge is 0.442 e. The molecule has 1 heterocycles. The monoisotopic (exact) mass is 520 g/mol. The topological polar surface area (TPSA) is 117 Å². The molecule has 1 aromatic carbocycles. The molecule has 3 amide bonds. The summed E-state index contributed by atoms with van der Waals surface area (Å²) in [6.45, 7) is -0.761. The number of allylic oxidation sites excluding steroid dienone is 2. The number of benzene rings is 1. The summed E-state index contributed by atoms with van der Waals surface area (Å²) < 4.78 is 84.1. The number of carbonyl (C=O) groups is 4. The number of nitrogens with zero attached hydrogens (tertiary/aromatic N) is 1. The van der Waals surface area contributed by atoms with E-state index >= 15 is 0 Å². The molecule has 0 bridgehead atoms. The molecule has 0 radical (unpaired) electrons. The number of amides is 3. The number of hydrogen-bond donors (Lipinski definition) is 3. The lowest BCUT2D eigenvalue weighted by atomic mass is 10.1. The lowest BCUT2D eigenvalue weighted by Crippen LogP contribution is -2.37. The Bertz CT molecular complexity index is 1100. The van der Waals surface area contributed by atoms with Crippen molar-refractivity contribution in [2.75, 3.05) is 23.3 Å². The van der Waals surface area contributed by atoms with Crippen molar-refractivity contribution in [3.05, 3.63) is 47.7 Å². The molecule has 0 saturated carbocycles. The summed E-state index contributed by atoms with van der Waals surface area (Å²) in [4.78, 5) is 47.4. The highest BCUT2D eigenvalue weighted by Crippen LogP contribution is 2.30. The number of cyclic esters (lactones) is 1. The van der Waals surface area contributed by atoms with Crippen LogP contribution in [0.3, 0.4) is 0 Å². The van der Waals surface area contributed by atoms with Crippen LogP contribution in [0.4, 0.5) is 42.5 Å². The van der Waals surface area contributed by atoms with Gasteiger partial charge in [-0.05, 0) is 12.2 Å². The van der Waals surface area contributed by atoms with Gasteiger partial charge < -0.3 is 20.7 Å². The van der Waals surface area contributed by atoms with E-state index in [1.807, 2.05) is 10.6 Å². The first-order chi connectivity index (χ1) is 17.0. The van der Waals surface area contributed by atoms with E-state index in [1.165, 1.54) is 12.2 Å². The van der Waals surface area contributed by atoms with Crippen molar-refractivity contribution in [2.24, 2.45) is 0 Å². The van der Waals surface area contributed by atoms with Crippen LogP contribution in [0.25, 0.3) is 0 Å². The van der Waals surface area contributed by atoms with Crippen molar-refractivity contribution in [3.8, 4) is 0 Å². The van der Waals surface area contributed by atoms with Crippen LogP contribution >= 0.6 is 0 Å². The molecule has 0 aromatic heterocycles. The Hall–Kier alpha value is -4.04. The highest BCUT2D eigenvalue weighted by Gasteiger charge is 2.34. The first-order valence-corrected chi connectivity index (χ1v) is 10.3. The first kappa shape index (κ1) is 26.6. The summed E-state index contributed by atoms with van der Waals surface area (Å²) in [7, 11) is 0. The number of ketones is 1. The maximum atomic E-state index is 14.8. The maximum Gasteiger partial charge on any atom is 0.414 e. The van der Waals surface area contributed by atoms with Gasteiger partial charge in [-0.25, -0.2) is 13.6 Å². The fraction of sp³-hybridized carbons (Fsp3) is 0.333. The lowest BCUT2D eigenvalue weighted by Gasteiger charge is -2.21. The average Bonchev–Trinajstić information content (AvgIpc) is 3.09. The van der Waals surface area contributed by atoms with Gasteiger partial charge in [0.2, 0.25) is 0 Å². The minimum Gasteiger partial charge on any atom is -0.442 e. The highest BCUT2D eigenvalue weighted by molar-refractivity contribution is 5.97. The molecule has 1 aliphatic carbocycles. The maximum absolute atomic E-state index is 14.8. The third-order valence-corrected chi connectivity index (χ3v) is 5.04. The molecule has 9 nitrogen and oxygen atoms in total. The Labute approximate surface area is 199 Å². The van der Waals surface area contributed by atoms with Crippen molar-refractivity contribution in [2.45, 2.75) is 31.4 Å². The van der Waals surface area contributed by atoms with E-state index in [2.05, 4.69) is 5.32 Å². The Morgan fingerprint density at radius 2 is 1.69 bits per heavy atom. The standard InChI is InChI=1S/C21H18F6N4O5/c22-12-5-10(31-8-11(36-21(31)35)7-28-19(33)17(24)25)6-13(23)16(12)30-14-4-9(2-1-3-15(14)32)29-20(34)18(26)27/h1-3,5-6,11,14,17-18,30H,4,7-8H2,(H,28,33)(H,29,34)/t11-,14?/m0/s1. The second kappa shape index (κ2) is 11.1. The molecular weight excluding hydrogens is 502 g/mol. The molecule has 2 atom stereocenters. The zero-order valence-electron chi connectivity index (χ0n) is 18.1. The number of rotatable bonds is 8. The van der Waals surface area contributed by atoms with Crippen LogP contribution in [-0.4, -0.2) is 61.8 Å². The van der Waals surface area contributed by atoms with Gasteiger partial charge in [-0.3, -0.25) is 19.3 Å². The van der Waals surface area contributed by atoms with Crippen LogP contribution in [0.5, 0.6) is 0 Å². The Kier molecular flexibility index (Phi) is 8.22. The number of carbonyl (C=O) groups excluding carboxylic acids is 4. The number of hydrogen-bond acceptors (Lipinski definition) is 6. The van der Waals surface area contributed by atoms with Gasteiger partial charge in [-0.2, -0.15) is 17.6 Å². The third kappa shape index (κ3) is 6.34. The highest BCUT2D eigenvalue weighted by atomic mass is 19.3. The summed E-state index contributed by atoms with van der Waals surface area (Å²) in [6, 6.07) is 0.167. The van der Waals surface area contributed by atoms with Gasteiger partial charge in [0.15, 0.2) is 17.4 Å². The zero-order valence-corrected chi connectivity index (χ0v) is 18.1. The SMILES string of the molecule is O=C(NC[C@H]1CN(c2cc(F)c(NC3CC(NC(=O)C(F)F)=CC=CC3=O)c(F)c2)C(=O)O1)C(F)F. The fourth-order valence-electron chi connectivity index (χ4n) is 3.35. The van der Waals surface area contributed by atoms with E-state index in [9.17, 15) is 45.5 Å². The Balaban J connectivity index is 1.72. The molecule has 0 spiro atoms. The van der Waals surface area contributed by atoms with Crippen LogP contribution < -0.4 is 20.9 Å². The predicted octanol–water partition coefficient (Wildman–Crippen LogP) is 2.25. The summed E-state index contributed by atoms with van der Waals surface area (Å²) >= 11 is 0. The average molecular weight is 520 g/mol. The first-order valence-electron chi connectivity index (χ1n) is 10.3. The second-order valence-corrected chi connectivity index (χ2v) is 7.59. The van der Waals surface area contributed by atoms with Crippen molar-refractivity contribution < 1.29 is 50.3 Å². The number of nitrogens with one attached hydrogen (secondary N) is 3. The molecule has 1 aliphatic heterocycles. The molecule has 194 valence electrons. The van der Waals surface area contributed by atoms with Crippen molar-refractivity contribution in [3.63, 3.8) is 0 Å². The summed E-state index contributed by atoms with van der Waals surface area (Å²) in [6.07, 6.45) is -5.68. The fourth-order valence-corrected chi connectivity index (χ4v) is 3.35. The second-order valence-electron chi connectivity index (χ2n) is 7.59. The molecule has 36 heavy (non-hydrogen) atoms. The Morgan fingerprint density at radius 3 is 2.31 bits per heavy atom. The van der Waals surface area contributed by atoms with E-state index in [4.69, 9.17) is 4.74 Å². The van der Waals surface area contributed by atoms with Crippen molar-refractivity contribution in [1.82, 2.24) is 10.6 Å². The van der Waals surface area contributed by atoms with E-state index in [0.29, 0.717) is 0 Å². The van der Waals surface area contributed by atoms with Crippen LogP contribution in [0, 0.1) is 11.6 Å².